The van der Waals surface area contributed by atoms with Gasteiger partial charge in [-0.05, 0) is 85.0 Å². The highest BCUT2D eigenvalue weighted by atomic mass is 79.9. The van der Waals surface area contributed by atoms with Crippen molar-refractivity contribution in [3.8, 4) is 0 Å². The number of rotatable bonds is 12. The fourth-order valence-electron chi connectivity index (χ4n) is 5.98. The molecule has 0 bridgehead atoms. The minimum atomic E-state index is -4.20. The summed E-state index contributed by atoms with van der Waals surface area (Å²) in [6.45, 7) is 1.46. The van der Waals surface area contributed by atoms with Crippen LogP contribution in [0.5, 0.6) is 0 Å². The number of amides is 2. The SMILES string of the molecule is Cc1cccc(N(CC(=O)N(Cc2cccc(Br)c2)C(Cc2ccccc2)C(=O)NC2CCCCC2)S(=O)(=O)c2ccc(Cl)cc2)c1. The summed E-state index contributed by atoms with van der Waals surface area (Å²) in [5.74, 6) is -0.740. The summed E-state index contributed by atoms with van der Waals surface area (Å²) in [6.07, 6.45) is 5.29. The second-order valence-electron chi connectivity index (χ2n) is 12.0. The predicted octanol–water partition coefficient (Wildman–Crippen LogP) is 7.70. The van der Waals surface area contributed by atoms with Crippen molar-refractivity contribution in [2.45, 2.75) is 69.0 Å². The Morgan fingerprint density at radius 2 is 1.55 bits per heavy atom. The Hall–Kier alpha value is -3.66. The van der Waals surface area contributed by atoms with Crippen LogP contribution in [0.25, 0.3) is 0 Å². The first kappa shape index (κ1) is 34.7. The number of aryl methyl sites for hydroxylation is 1. The van der Waals surface area contributed by atoms with Gasteiger partial charge in [-0.15, -0.1) is 0 Å². The fraction of sp³-hybridized carbons (Fsp3) is 0.297. The maximum absolute atomic E-state index is 14.7. The zero-order valence-corrected chi connectivity index (χ0v) is 29.5. The summed E-state index contributed by atoms with van der Waals surface area (Å²) >= 11 is 9.61. The Morgan fingerprint density at radius 1 is 0.872 bits per heavy atom. The van der Waals surface area contributed by atoms with E-state index in [0.29, 0.717) is 10.7 Å². The maximum Gasteiger partial charge on any atom is 0.264 e. The molecular formula is C37H39BrClN3O4S. The normalized spacial score (nSPS) is 14.3. The van der Waals surface area contributed by atoms with Crippen LogP contribution < -0.4 is 9.62 Å². The van der Waals surface area contributed by atoms with E-state index < -0.39 is 28.5 Å². The molecule has 0 saturated heterocycles. The number of nitrogens with zero attached hydrogens (tertiary/aromatic N) is 2. The molecule has 0 aliphatic heterocycles. The molecule has 1 fully saturated rings. The zero-order valence-electron chi connectivity index (χ0n) is 26.3. The Balaban J connectivity index is 1.56. The van der Waals surface area contributed by atoms with Crippen LogP contribution in [0.15, 0.2) is 112 Å². The van der Waals surface area contributed by atoms with Crippen LogP contribution in [0.3, 0.4) is 0 Å². The van der Waals surface area contributed by atoms with E-state index in [1.165, 1.54) is 29.2 Å². The molecule has 2 amide bonds. The standard InChI is InChI=1S/C37H39BrClN3O4S/c1-27-10-8-17-33(22-27)42(47(45,46)34-20-18-31(39)19-21-34)26-36(43)41(25-29-13-9-14-30(38)23-29)35(24-28-11-4-2-5-12-28)37(44)40-32-15-6-3-7-16-32/h2,4-5,8-14,17-23,32,35H,3,6-7,15-16,24-26H2,1H3,(H,40,44). The number of nitrogens with one attached hydrogen (secondary N) is 1. The molecule has 47 heavy (non-hydrogen) atoms. The van der Waals surface area contributed by atoms with Gasteiger partial charge in [0.2, 0.25) is 11.8 Å². The molecule has 0 heterocycles. The van der Waals surface area contributed by atoms with Crippen molar-refractivity contribution in [1.29, 1.82) is 0 Å². The second-order valence-corrected chi connectivity index (χ2v) is 15.2. The number of sulfonamides is 1. The molecule has 1 aliphatic rings. The number of halogens is 2. The largest absolute Gasteiger partial charge is 0.352 e. The smallest absolute Gasteiger partial charge is 0.264 e. The molecule has 1 unspecified atom stereocenters. The third-order valence-corrected chi connectivity index (χ3v) is 11.0. The van der Waals surface area contributed by atoms with Gasteiger partial charge in [0, 0.05) is 28.5 Å². The average Bonchev–Trinajstić information content (AvgIpc) is 3.06. The third kappa shape index (κ3) is 9.24. The summed E-state index contributed by atoms with van der Waals surface area (Å²) in [5, 5.41) is 3.64. The first-order valence-corrected chi connectivity index (χ1v) is 18.4. The Morgan fingerprint density at radius 3 is 2.23 bits per heavy atom. The lowest BCUT2D eigenvalue weighted by atomic mass is 9.94. The van der Waals surface area contributed by atoms with E-state index in [1.807, 2.05) is 67.6 Å². The number of hydrogen-bond acceptors (Lipinski definition) is 4. The van der Waals surface area contributed by atoms with Crippen molar-refractivity contribution < 1.29 is 18.0 Å². The number of carbonyl (C=O) groups excluding carboxylic acids is 2. The van der Waals surface area contributed by atoms with Crippen molar-refractivity contribution in [2.24, 2.45) is 0 Å². The van der Waals surface area contributed by atoms with E-state index >= 15 is 0 Å². The summed E-state index contributed by atoms with van der Waals surface area (Å²) in [4.78, 5) is 30.4. The van der Waals surface area contributed by atoms with E-state index in [0.717, 1.165) is 57.6 Å². The van der Waals surface area contributed by atoms with Gasteiger partial charge in [-0.3, -0.25) is 13.9 Å². The molecule has 7 nitrogen and oxygen atoms in total. The summed E-state index contributed by atoms with van der Waals surface area (Å²) in [5.41, 5.74) is 2.89. The molecular weight excluding hydrogens is 698 g/mol. The lowest BCUT2D eigenvalue weighted by Gasteiger charge is -2.35. The van der Waals surface area contributed by atoms with E-state index in [-0.39, 0.29) is 29.8 Å². The number of anilines is 1. The molecule has 10 heteroatoms. The maximum atomic E-state index is 14.7. The van der Waals surface area contributed by atoms with Gasteiger partial charge >= 0.3 is 0 Å². The molecule has 1 N–H and O–H groups in total. The molecule has 0 spiro atoms. The molecule has 1 saturated carbocycles. The van der Waals surface area contributed by atoms with Crippen molar-refractivity contribution in [3.63, 3.8) is 0 Å². The van der Waals surface area contributed by atoms with E-state index in [1.54, 1.807) is 18.2 Å². The van der Waals surface area contributed by atoms with Crippen LogP contribution in [0, 0.1) is 6.92 Å². The topological polar surface area (TPSA) is 86.8 Å². The Labute approximate surface area is 291 Å². The monoisotopic (exact) mass is 735 g/mol. The van der Waals surface area contributed by atoms with Crippen LogP contribution in [-0.4, -0.2) is 43.8 Å². The quantitative estimate of drug-likeness (QED) is 0.162. The van der Waals surface area contributed by atoms with Crippen LogP contribution in [-0.2, 0) is 32.6 Å². The molecule has 0 aromatic heterocycles. The van der Waals surface area contributed by atoms with Crippen molar-refractivity contribution in [2.75, 3.05) is 10.8 Å². The lowest BCUT2D eigenvalue weighted by Crippen LogP contribution is -2.55. The van der Waals surface area contributed by atoms with Crippen LogP contribution in [0.1, 0.15) is 48.8 Å². The van der Waals surface area contributed by atoms with Gasteiger partial charge in [-0.1, -0.05) is 101 Å². The Kier molecular flexibility index (Phi) is 11.8. The van der Waals surface area contributed by atoms with Crippen LogP contribution in [0.2, 0.25) is 5.02 Å². The molecule has 0 radical (unpaired) electrons. The van der Waals surface area contributed by atoms with Crippen molar-refractivity contribution in [1.82, 2.24) is 10.2 Å². The molecule has 4 aromatic carbocycles. The van der Waals surface area contributed by atoms with Gasteiger partial charge in [0.25, 0.3) is 10.0 Å². The Bertz CT molecular complexity index is 1780. The molecule has 246 valence electrons. The molecule has 5 rings (SSSR count). The number of hydrogen-bond donors (Lipinski definition) is 1. The molecule has 4 aromatic rings. The average molecular weight is 737 g/mol. The van der Waals surface area contributed by atoms with Gasteiger partial charge < -0.3 is 10.2 Å². The van der Waals surface area contributed by atoms with Gasteiger partial charge in [0.15, 0.2) is 0 Å². The fourth-order valence-corrected chi connectivity index (χ4v) is 7.95. The summed E-state index contributed by atoms with van der Waals surface area (Å²) < 4.78 is 30.4. The second kappa shape index (κ2) is 16.0. The van der Waals surface area contributed by atoms with Gasteiger partial charge in [-0.25, -0.2) is 8.42 Å². The van der Waals surface area contributed by atoms with Gasteiger partial charge in [0.1, 0.15) is 12.6 Å². The first-order valence-electron chi connectivity index (χ1n) is 15.8. The van der Waals surface area contributed by atoms with E-state index in [4.69, 9.17) is 11.6 Å². The predicted molar refractivity (Wildman–Crippen MR) is 191 cm³/mol. The van der Waals surface area contributed by atoms with E-state index in [9.17, 15) is 18.0 Å². The van der Waals surface area contributed by atoms with Gasteiger partial charge in [-0.2, -0.15) is 0 Å². The lowest BCUT2D eigenvalue weighted by molar-refractivity contribution is -0.140. The van der Waals surface area contributed by atoms with Crippen LogP contribution in [0.4, 0.5) is 5.69 Å². The summed E-state index contributed by atoms with van der Waals surface area (Å²) in [7, 11) is -4.20. The number of carbonyl (C=O) groups is 2. The van der Waals surface area contributed by atoms with Gasteiger partial charge in [0.05, 0.1) is 10.6 Å². The third-order valence-electron chi connectivity index (χ3n) is 8.43. The molecule has 1 atom stereocenters. The summed E-state index contributed by atoms with van der Waals surface area (Å²) in [6, 6.07) is 29.2. The highest BCUT2D eigenvalue weighted by molar-refractivity contribution is 9.10. The highest BCUT2D eigenvalue weighted by Gasteiger charge is 2.35. The highest BCUT2D eigenvalue weighted by Crippen LogP contribution is 2.27. The minimum Gasteiger partial charge on any atom is -0.352 e. The van der Waals surface area contributed by atoms with E-state index in [2.05, 4.69) is 21.2 Å². The van der Waals surface area contributed by atoms with Crippen molar-refractivity contribution >= 4 is 55.1 Å². The van der Waals surface area contributed by atoms with Crippen LogP contribution >= 0.6 is 27.5 Å². The molecule has 1 aliphatic carbocycles. The zero-order chi connectivity index (χ0) is 33.4. The number of benzene rings is 4. The minimum absolute atomic E-state index is 0.00521. The first-order chi connectivity index (χ1) is 22.6. The van der Waals surface area contributed by atoms with Crippen molar-refractivity contribution in [3.05, 3.63) is 129 Å².